The van der Waals surface area contributed by atoms with Gasteiger partial charge >= 0.3 is 0 Å². The van der Waals surface area contributed by atoms with E-state index in [1.54, 1.807) is 0 Å². The molecule has 0 aliphatic carbocycles. The Morgan fingerprint density at radius 2 is 1.91 bits per heavy atom. The topological polar surface area (TPSA) is 63.8 Å². The lowest BCUT2D eigenvalue weighted by molar-refractivity contribution is 0.345. The van der Waals surface area contributed by atoms with E-state index < -0.39 is 0 Å². The molecule has 0 spiro atoms. The van der Waals surface area contributed by atoms with Gasteiger partial charge in [-0.2, -0.15) is 4.98 Å². The molecule has 3 aromatic rings. The molecule has 0 amide bonds. The lowest BCUT2D eigenvalue weighted by atomic mass is 10.1. The molecule has 1 unspecified atom stereocenters. The van der Waals surface area contributed by atoms with Crippen LogP contribution in [0.4, 0.5) is 0 Å². The molecule has 5 nitrogen and oxygen atoms in total. The van der Waals surface area contributed by atoms with Crippen molar-refractivity contribution in [2.45, 2.75) is 18.9 Å². The fourth-order valence-corrected chi connectivity index (χ4v) is 2.84. The molecule has 1 aliphatic heterocycles. The van der Waals surface area contributed by atoms with Crippen LogP contribution in [0, 0.1) is 0 Å². The van der Waals surface area contributed by atoms with Gasteiger partial charge in [0, 0.05) is 16.8 Å². The largest absolute Gasteiger partial charge is 0.337 e. The summed E-state index contributed by atoms with van der Waals surface area (Å²) >= 11 is 5.91. The second-order valence-electron chi connectivity index (χ2n) is 5.54. The number of nitrogens with zero attached hydrogens (tertiary/aromatic N) is 3. The minimum atomic E-state index is 0.171. The Kier molecular flexibility index (Phi) is 3.81. The van der Waals surface area contributed by atoms with Gasteiger partial charge in [-0.1, -0.05) is 35.0 Å². The molecule has 1 fully saturated rings. The minimum absolute atomic E-state index is 0.171. The highest BCUT2D eigenvalue weighted by Gasteiger charge is 2.22. The van der Waals surface area contributed by atoms with Crippen molar-refractivity contribution in [2.24, 2.45) is 0 Å². The van der Waals surface area contributed by atoms with Gasteiger partial charge in [-0.05, 0) is 43.1 Å². The summed E-state index contributed by atoms with van der Waals surface area (Å²) in [7, 11) is 0. The van der Waals surface area contributed by atoms with Gasteiger partial charge in [0.05, 0.1) is 6.04 Å². The third-order valence-corrected chi connectivity index (χ3v) is 4.22. The SMILES string of the molecule is Clc1ccc(-c2ccc(-c3noc(C4CCCN4)n3)nc2)cc1. The van der Waals surface area contributed by atoms with Gasteiger partial charge in [0.1, 0.15) is 5.69 Å². The first kappa shape index (κ1) is 14.4. The van der Waals surface area contributed by atoms with Crippen LogP contribution in [-0.4, -0.2) is 21.7 Å². The number of pyridine rings is 1. The van der Waals surface area contributed by atoms with Gasteiger partial charge < -0.3 is 9.84 Å². The summed E-state index contributed by atoms with van der Waals surface area (Å²) in [6, 6.07) is 11.7. The lowest BCUT2D eigenvalue weighted by Gasteiger charge is -2.02. The van der Waals surface area contributed by atoms with E-state index in [9.17, 15) is 0 Å². The maximum Gasteiger partial charge on any atom is 0.244 e. The highest BCUT2D eigenvalue weighted by Crippen LogP contribution is 2.25. The predicted octanol–water partition coefficient (Wildman–Crippen LogP) is 3.88. The van der Waals surface area contributed by atoms with Crippen LogP contribution in [0.2, 0.25) is 5.02 Å². The number of benzene rings is 1. The smallest absolute Gasteiger partial charge is 0.244 e. The van der Waals surface area contributed by atoms with Crippen molar-refractivity contribution in [2.75, 3.05) is 6.54 Å². The maximum absolute atomic E-state index is 5.91. The van der Waals surface area contributed by atoms with Gasteiger partial charge in [-0.25, -0.2) is 0 Å². The molecule has 0 bridgehead atoms. The molecule has 4 rings (SSSR count). The number of aromatic nitrogens is 3. The van der Waals surface area contributed by atoms with Crippen LogP contribution in [0.15, 0.2) is 47.1 Å². The first-order valence-corrected chi connectivity index (χ1v) is 7.97. The average Bonchev–Trinajstić information content (AvgIpc) is 3.27. The van der Waals surface area contributed by atoms with E-state index in [1.807, 2.05) is 42.6 Å². The molecule has 1 atom stereocenters. The fraction of sp³-hybridized carbons (Fsp3) is 0.235. The first-order valence-electron chi connectivity index (χ1n) is 7.59. The molecule has 116 valence electrons. The van der Waals surface area contributed by atoms with E-state index in [1.165, 1.54) is 0 Å². The van der Waals surface area contributed by atoms with Crippen molar-refractivity contribution in [3.05, 3.63) is 53.5 Å². The molecule has 0 radical (unpaired) electrons. The van der Waals surface area contributed by atoms with Crippen molar-refractivity contribution >= 4 is 11.6 Å². The normalized spacial score (nSPS) is 17.5. The molecule has 1 aromatic carbocycles. The number of hydrogen-bond donors (Lipinski definition) is 1. The summed E-state index contributed by atoms with van der Waals surface area (Å²) in [4.78, 5) is 8.91. The van der Waals surface area contributed by atoms with E-state index >= 15 is 0 Å². The predicted molar refractivity (Wildman–Crippen MR) is 88.0 cm³/mol. The van der Waals surface area contributed by atoms with Crippen LogP contribution in [0.25, 0.3) is 22.6 Å². The lowest BCUT2D eigenvalue weighted by Crippen LogP contribution is -2.12. The Hall–Kier alpha value is -2.24. The van der Waals surface area contributed by atoms with E-state index in [0.717, 1.165) is 35.5 Å². The molecular weight excluding hydrogens is 312 g/mol. The van der Waals surface area contributed by atoms with Gasteiger partial charge in [-0.3, -0.25) is 4.98 Å². The molecule has 1 N–H and O–H groups in total. The Labute approximate surface area is 138 Å². The maximum atomic E-state index is 5.91. The van der Waals surface area contributed by atoms with Crippen LogP contribution < -0.4 is 5.32 Å². The highest BCUT2D eigenvalue weighted by atomic mass is 35.5. The van der Waals surface area contributed by atoms with E-state index in [-0.39, 0.29) is 6.04 Å². The quantitative estimate of drug-likeness (QED) is 0.791. The van der Waals surface area contributed by atoms with Crippen LogP contribution >= 0.6 is 11.6 Å². The van der Waals surface area contributed by atoms with Crippen molar-refractivity contribution in [1.29, 1.82) is 0 Å². The third kappa shape index (κ3) is 2.98. The molecule has 1 saturated heterocycles. The van der Waals surface area contributed by atoms with E-state index in [4.69, 9.17) is 16.1 Å². The summed E-state index contributed by atoms with van der Waals surface area (Å²) in [5.74, 6) is 1.16. The van der Waals surface area contributed by atoms with Gasteiger partial charge in [0.25, 0.3) is 0 Å². The van der Waals surface area contributed by atoms with E-state index in [0.29, 0.717) is 17.4 Å². The summed E-state index contributed by atoms with van der Waals surface area (Å²) in [5.41, 5.74) is 2.79. The van der Waals surface area contributed by atoms with E-state index in [2.05, 4.69) is 20.4 Å². The zero-order valence-electron chi connectivity index (χ0n) is 12.4. The molecule has 23 heavy (non-hydrogen) atoms. The van der Waals surface area contributed by atoms with Crippen LogP contribution in [0.1, 0.15) is 24.8 Å². The summed E-state index contributed by atoms with van der Waals surface area (Å²) in [6.45, 7) is 0.996. The van der Waals surface area contributed by atoms with Crippen LogP contribution in [-0.2, 0) is 0 Å². The summed E-state index contributed by atoms with van der Waals surface area (Å²) in [5, 5.41) is 8.10. The van der Waals surface area contributed by atoms with Crippen molar-refractivity contribution in [3.8, 4) is 22.6 Å². The second-order valence-corrected chi connectivity index (χ2v) is 5.98. The monoisotopic (exact) mass is 326 g/mol. The number of nitrogens with one attached hydrogen (secondary N) is 1. The summed E-state index contributed by atoms with van der Waals surface area (Å²) < 4.78 is 5.35. The fourth-order valence-electron chi connectivity index (χ4n) is 2.72. The number of rotatable bonds is 3. The first-order chi connectivity index (χ1) is 11.3. The minimum Gasteiger partial charge on any atom is -0.337 e. The Bertz CT molecular complexity index is 792. The van der Waals surface area contributed by atoms with Crippen molar-refractivity contribution in [1.82, 2.24) is 20.4 Å². The molecule has 6 heteroatoms. The van der Waals surface area contributed by atoms with Gasteiger partial charge in [-0.15, -0.1) is 0 Å². The summed E-state index contributed by atoms with van der Waals surface area (Å²) in [6.07, 6.45) is 3.98. The molecule has 3 heterocycles. The molecular formula is C17H15ClN4O. The average molecular weight is 327 g/mol. The second kappa shape index (κ2) is 6.10. The standard InChI is InChI=1S/C17H15ClN4O/c18-13-6-3-11(4-7-13)12-5-8-14(20-10-12)16-21-17(23-22-16)15-2-1-9-19-15/h3-8,10,15,19H,1-2,9H2. The van der Waals surface area contributed by atoms with Crippen molar-refractivity contribution in [3.63, 3.8) is 0 Å². The van der Waals surface area contributed by atoms with Crippen molar-refractivity contribution < 1.29 is 4.52 Å². The van der Waals surface area contributed by atoms with Gasteiger partial charge in [0.15, 0.2) is 0 Å². The number of hydrogen-bond acceptors (Lipinski definition) is 5. The Morgan fingerprint density at radius 1 is 1.09 bits per heavy atom. The van der Waals surface area contributed by atoms with Crippen LogP contribution in [0.3, 0.4) is 0 Å². The molecule has 2 aromatic heterocycles. The molecule has 0 saturated carbocycles. The zero-order valence-corrected chi connectivity index (χ0v) is 13.1. The highest BCUT2D eigenvalue weighted by molar-refractivity contribution is 6.30. The zero-order chi connectivity index (χ0) is 15.6. The Morgan fingerprint density at radius 3 is 2.61 bits per heavy atom. The van der Waals surface area contributed by atoms with Gasteiger partial charge in [0.2, 0.25) is 11.7 Å². The Balaban J connectivity index is 1.57. The third-order valence-electron chi connectivity index (χ3n) is 3.97. The number of halogens is 1. The molecule has 1 aliphatic rings. The van der Waals surface area contributed by atoms with Crippen LogP contribution in [0.5, 0.6) is 0 Å².